The second kappa shape index (κ2) is 14.0. The molecule has 0 fully saturated rings. The van der Waals surface area contributed by atoms with Crippen LogP contribution in [0.3, 0.4) is 0 Å². The first-order valence-electron chi connectivity index (χ1n) is 16.1. The van der Waals surface area contributed by atoms with Crippen LogP contribution in [0.2, 0.25) is 0 Å². The maximum Gasteiger partial charge on any atom is 0.0497 e. The van der Waals surface area contributed by atoms with Gasteiger partial charge in [-0.1, -0.05) is 60.7 Å². The van der Waals surface area contributed by atoms with Crippen LogP contribution in [0.5, 0.6) is 0 Å². The second-order valence-electron chi connectivity index (χ2n) is 12.1. The first-order valence-corrected chi connectivity index (χ1v) is 16.1. The van der Waals surface area contributed by atoms with Crippen molar-refractivity contribution in [3.05, 3.63) is 161 Å². The number of hydrogen-bond donors (Lipinski definition) is 4. The molecular formula is C42H43N5. The Bertz CT molecular complexity index is 2000. The molecule has 6 rings (SSSR count). The highest BCUT2D eigenvalue weighted by molar-refractivity contribution is 5.93. The zero-order valence-electron chi connectivity index (χ0n) is 27.6. The minimum absolute atomic E-state index is 0.489. The normalized spacial score (nSPS) is 10.9. The molecule has 6 aromatic rings. The SMILES string of the molecule is Cc1cc(N(c2ccccc2)c2cccc(CN)c2)c(C)cc1-c1c(C)c(Nc2ccccc2)cc(C)c1Nc1cccc(CN)c1. The van der Waals surface area contributed by atoms with E-state index in [0.29, 0.717) is 13.1 Å². The number of aryl methyl sites for hydroxylation is 3. The molecule has 0 bridgehead atoms. The molecule has 0 radical (unpaired) electrons. The van der Waals surface area contributed by atoms with Gasteiger partial charge in [-0.2, -0.15) is 0 Å². The molecule has 0 saturated carbocycles. The highest BCUT2D eigenvalue weighted by atomic mass is 15.1. The quantitative estimate of drug-likeness (QED) is 0.123. The van der Waals surface area contributed by atoms with Gasteiger partial charge in [0.1, 0.15) is 0 Å². The molecule has 0 heterocycles. The average Bonchev–Trinajstić information content (AvgIpc) is 3.10. The molecule has 6 aromatic carbocycles. The standard InChI is InChI=1S/C42H43N5/c1-28-23-40(47(36-18-9-6-10-19-36)37-20-12-14-33(25-37)27-44)29(2)21-38(28)41-31(4)39(45-34-15-7-5-8-16-34)22-30(3)42(41)46-35-17-11-13-32(24-35)26-43/h5-25,45-46H,26-27,43-44H2,1-4H3. The largest absolute Gasteiger partial charge is 0.355 e. The van der Waals surface area contributed by atoms with E-state index < -0.39 is 0 Å². The van der Waals surface area contributed by atoms with Gasteiger partial charge in [-0.15, -0.1) is 0 Å². The minimum Gasteiger partial charge on any atom is -0.355 e. The van der Waals surface area contributed by atoms with Gasteiger partial charge in [-0.25, -0.2) is 0 Å². The number of para-hydroxylation sites is 2. The summed E-state index contributed by atoms with van der Waals surface area (Å²) in [6.07, 6.45) is 0. The summed E-state index contributed by atoms with van der Waals surface area (Å²) in [6.45, 7) is 9.77. The van der Waals surface area contributed by atoms with Crippen LogP contribution >= 0.6 is 0 Å². The number of benzene rings is 6. The van der Waals surface area contributed by atoms with Gasteiger partial charge < -0.3 is 27.0 Å². The van der Waals surface area contributed by atoms with Crippen LogP contribution in [0.1, 0.15) is 33.4 Å². The fourth-order valence-electron chi connectivity index (χ4n) is 6.28. The zero-order valence-corrected chi connectivity index (χ0v) is 27.6. The summed E-state index contributed by atoms with van der Waals surface area (Å²) in [7, 11) is 0. The van der Waals surface area contributed by atoms with Crippen LogP contribution in [-0.4, -0.2) is 0 Å². The molecule has 47 heavy (non-hydrogen) atoms. The lowest BCUT2D eigenvalue weighted by molar-refractivity contribution is 1.07. The Morgan fingerprint density at radius 3 is 1.85 bits per heavy atom. The summed E-state index contributed by atoms with van der Waals surface area (Å²) in [6, 6.07) is 44.6. The first kappa shape index (κ1) is 31.6. The van der Waals surface area contributed by atoms with Gasteiger partial charge in [0.15, 0.2) is 0 Å². The maximum atomic E-state index is 6.07. The Kier molecular flexibility index (Phi) is 9.39. The average molecular weight is 618 g/mol. The monoisotopic (exact) mass is 617 g/mol. The van der Waals surface area contributed by atoms with Crippen LogP contribution in [0, 0.1) is 27.7 Å². The van der Waals surface area contributed by atoms with E-state index in [0.717, 1.165) is 56.5 Å². The molecule has 0 atom stereocenters. The zero-order chi connectivity index (χ0) is 32.9. The van der Waals surface area contributed by atoms with Crippen molar-refractivity contribution >= 4 is 39.8 Å². The third kappa shape index (κ3) is 6.77. The van der Waals surface area contributed by atoms with Crippen molar-refractivity contribution < 1.29 is 0 Å². The van der Waals surface area contributed by atoms with E-state index in [1.54, 1.807) is 0 Å². The number of hydrogen-bond acceptors (Lipinski definition) is 5. The molecule has 0 aliphatic heterocycles. The highest BCUT2D eigenvalue weighted by Crippen LogP contribution is 2.45. The van der Waals surface area contributed by atoms with Crippen molar-refractivity contribution in [3.8, 4) is 11.1 Å². The molecule has 5 heteroatoms. The van der Waals surface area contributed by atoms with Crippen molar-refractivity contribution in [1.82, 2.24) is 0 Å². The van der Waals surface area contributed by atoms with Crippen LogP contribution in [0.15, 0.2) is 127 Å². The van der Waals surface area contributed by atoms with Gasteiger partial charge in [-0.05, 0) is 133 Å². The molecule has 5 nitrogen and oxygen atoms in total. The lowest BCUT2D eigenvalue weighted by atomic mass is 9.89. The fraction of sp³-hybridized carbons (Fsp3) is 0.143. The van der Waals surface area contributed by atoms with E-state index in [1.807, 2.05) is 6.07 Å². The van der Waals surface area contributed by atoms with E-state index in [1.165, 1.54) is 27.8 Å². The van der Waals surface area contributed by atoms with Crippen LogP contribution < -0.4 is 27.0 Å². The van der Waals surface area contributed by atoms with Crippen LogP contribution in [-0.2, 0) is 13.1 Å². The Hall–Kier alpha value is -5.36. The predicted octanol–water partition coefficient (Wildman–Crippen LogP) is 10.5. The third-order valence-electron chi connectivity index (χ3n) is 8.74. The Morgan fingerprint density at radius 2 is 1.15 bits per heavy atom. The number of rotatable bonds is 10. The lowest BCUT2D eigenvalue weighted by Crippen LogP contribution is -2.13. The smallest absolute Gasteiger partial charge is 0.0497 e. The van der Waals surface area contributed by atoms with Gasteiger partial charge in [0.25, 0.3) is 0 Å². The Morgan fingerprint density at radius 1 is 0.532 bits per heavy atom. The molecule has 6 N–H and O–H groups in total. The van der Waals surface area contributed by atoms with E-state index in [9.17, 15) is 0 Å². The summed E-state index contributed by atoms with van der Waals surface area (Å²) < 4.78 is 0. The summed E-state index contributed by atoms with van der Waals surface area (Å²) in [5.74, 6) is 0. The summed E-state index contributed by atoms with van der Waals surface area (Å²) in [5, 5.41) is 7.48. The van der Waals surface area contributed by atoms with Crippen molar-refractivity contribution in [2.45, 2.75) is 40.8 Å². The molecular weight excluding hydrogens is 574 g/mol. The fourth-order valence-corrected chi connectivity index (χ4v) is 6.28. The van der Waals surface area contributed by atoms with Gasteiger partial charge in [0, 0.05) is 58.5 Å². The molecule has 0 amide bonds. The van der Waals surface area contributed by atoms with E-state index in [4.69, 9.17) is 11.5 Å². The van der Waals surface area contributed by atoms with Gasteiger partial charge in [0.05, 0.1) is 0 Å². The molecule has 0 aromatic heterocycles. The predicted molar refractivity (Wildman–Crippen MR) is 201 cm³/mol. The molecule has 0 saturated heterocycles. The Labute approximate surface area is 278 Å². The number of nitrogens with two attached hydrogens (primary N) is 2. The number of nitrogens with zero attached hydrogens (tertiary/aromatic N) is 1. The minimum atomic E-state index is 0.489. The molecule has 0 unspecified atom stereocenters. The summed E-state index contributed by atoms with van der Waals surface area (Å²) in [5.41, 5.74) is 28.8. The Balaban J connectivity index is 1.53. The van der Waals surface area contributed by atoms with E-state index in [-0.39, 0.29) is 0 Å². The molecule has 0 spiro atoms. The topological polar surface area (TPSA) is 79.3 Å². The van der Waals surface area contributed by atoms with Gasteiger partial charge in [0.2, 0.25) is 0 Å². The van der Waals surface area contributed by atoms with Crippen molar-refractivity contribution in [1.29, 1.82) is 0 Å². The van der Waals surface area contributed by atoms with E-state index >= 15 is 0 Å². The molecule has 0 aliphatic rings. The van der Waals surface area contributed by atoms with Crippen LogP contribution in [0.4, 0.5) is 39.8 Å². The van der Waals surface area contributed by atoms with Crippen LogP contribution in [0.25, 0.3) is 11.1 Å². The second-order valence-corrected chi connectivity index (χ2v) is 12.1. The lowest BCUT2D eigenvalue weighted by Gasteiger charge is -2.29. The highest BCUT2D eigenvalue weighted by Gasteiger charge is 2.21. The molecule has 0 aliphatic carbocycles. The number of anilines is 7. The number of nitrogens with one attached hydrogen (secondary N) is 2. The molecule has 236 valence electrons. The van der Waals surface area contributed by atoms with Crippen molar-refractivity contribution in [2.24, 2.45) is 11.5 Å². The van der Waals surface area contributed by atoms with Gasteiger partial charge in [-0.3, -0.25) is 0 Å². The third-order valence-corrected chi connectivity index (χ3v) is 8.74. The maximum absolute atomic E-state index is 6.07. The first-order chi connectivity index (χ1) is 22.9. The van der Waals surface area contributed by atoms with Crippen molar-refractivity contribution in [2.75, 3.05) is 15.5 Å². The summed E-state index contributed by atoms with van der Waals surface area (Å²) in [4.78, 5) is 2.33. The van der Waals surface area contributed by atoms with Crippen molar-refractivity contribution in [3.63, 3.8) is 0 Å². The van der Waals surface area contributed by atoms with E-state index in [2.05, 4.69) is 165 Å². The summed E-state index contributed by atoms with van der Waals surface area (Å²) >= 11 is 0. The van der Waals surface area contributed by atoms with Gasteiger partial charge >= 0.3 is 0 Å².